The normalized spacial score (nSPS) is 14.4. The van der Waals surface area contributed by atoms with Crippen LogP contribution >= 0.6 is 0 Å². The summed E-state index contributed by atoms with van der Waals surface area (Å²) in [5, 5.41) is 0. The number of methoxy groups -OCH3 is 1. The highest BCUT2D eigenvalue weighted by Gasteiger charge is 2.22. The van der Waals surface area contributed by atoms with Crippen molar-refractivity contribution < 1.29 is 14.3 Å². The topological polar surface area (TPSA) is 61.5 Å². The van der Waals surface area contributed by atoms with Crippen LogP contribution in [0.15, 0.2) is 18.2 Å². The Hall–Kier alpha value is -1.71. The molecule has 17 heavy (non-hydrogen) atoms. The molecule has 2 rings (SSSR count). The Kier molecular flexibility index (Phi) is 3.52. The molecule has 0 bridgehead atoms. The number of hydrogen-bond donors (Lipinski definition) is 1. The second-order valence-electron chi connectivity index (χ2n) is 4.33. The molecule has 0 radical (unpaired) electrons. The summed E-state index contributed by atoms with van der Waals surface area (Å²) in [5.41, 5.74) is 6.56. The minimum atomic E-state index is -0.366. The van der Waals surface area contributed by atoms with Gasteiger partial charge in [0.1, 0.15) is 11.3 Å². The maximum Gasteiger partial charge on any atom is 0.341 e. The molecule has 1 aliphatic carbocycles. The first-order chi connectivity index (χ1) is 8.20. The number of nitrogen functional groups attached to an aromatic ring is 1. The van der Waals surface area contributed by atoms with Gasteiger partial charge in [0.05, 0.1) is 13.7 Å². The number of rotatable bonds is 5. The van der Waals surface area contributed by atoms with E-state index in [0.717, 1.165) is 12.3 Å². The lowest BCUT2D eigenvalue weighted by Gasteiger charge is -2.09. The highest BCUT2D eigenvalue weighted by Crippen LogP contribution is 2.32. The molecule has 0 spiro atoms. The fraction of sp³-hybridized carbons (Fsp3) is 0.462. The number of carbonyl (C=O) groups is 1. The van der Waals surface area contributed by atoms with Crippen molar-refractivity contribution in [2.75, 3.05) is 19.5 Å². The van der Waals surface area contributed by atoms with E-state index in [9.17, 15) is 4.79 Å². The van der Waals surface area contributed by atoms with Crippen molar-refractivity contribution in [1.82, 2.24) is 0 Å². The average molecular weight is 235 g/mol. The quantitative estimate of drug-likeness (QED) is 0.628. The molecule has 1 aliphatic rings. The van der Waals surface area contributed by atoms with Crippen molar-refractivity contribution in [2.24, 2.45) is 5.92 Å². The molecular formula is C13H17NO3. The van der Waals surface area contributed by atoms with Gasteiger partial charge in [0.2, 0.25) is 0 Å². The van der Waals surface area contributed by atoms with Crippen molar-refractivity contribution in [3.63, 3.8) is 0 Å². The second-order valence-corrected chi connectivity index (χ2v) is 4.33. The van der Waals surface area contributed by atoms with Crippen molar-refractivity contribution in [2.45, 2.75) is 19.3 Å². The van der Waals surface area contributed by atoms with Crippen LogP contribution in [0.5, 0.6) is 5.75 Å². The fourth-order valence-electron chi connectivity index (χ4n) is 1.69. The van der Waals surface area contributed by atoms with Gasteiger partial charge in [-0.15, -0.1) is 0 Å². The van der Waals surface area contributed by atoms with Gasteiger partial charge in [-0.05, 0) is 30.5 Å². The molecule has 1 aromatic rings. The van der Waals surface area contributed by atoms with Crippen LogP contribution < -0.4 is 10.5 Å². The summed E-state index contributed by atoms with van der Waals surface area (Å²) in [6.45, 7) is 0.474. The van der Waals surface area contributed by atoms with E-state index in [1.165, 1.54) is 20.0 Å². The Labute approximate surface area is 101 Å². The zero-order chi connectivity index (χ0) is 12.3. The Balaban J connectivity index is 1.98. The molecule has 1 fully saturated rings. The SMILES string of the molecule is COc1ccc(N)cc1C(=O)OCCC1CC1. The Morgan fingerprint density at radius 2 is 2.24 bits per heavy atom. The Morgan fingerprint density at radius 1 is 1.47 bits per heavy atom. The van der Waals surface area contributed by atoms with E-state index in [0.29, 0.717) is 23.6 Å². The first-order valence-electron chi connectivity index (χ1n) is 5.81. The van der Waals surface area contributed by atoms with Crippen LogP contribution in [0, 0.1) is 5.92 Å². The predicted molar refractivity (Wildman–Crippen MR) is 65.0 cm³/mol. The largest absolute Gasteiger partial charge is 0.496 e. The lowest BCUT2D eigenvalue weighted by Crippen LogP contribution is -2.09. The molecule has 0 unspecified atom stereocenters. The minimum absolute atomic E-state index is 0.366. The molecule has 4 nitrogen and oxygen atoms in total. The zero-order valence-electron chi connectivity index (χ0n) is 9.94. The maximum absolute atomic E-state index is 11.8. The number of ether oxygens (including phenoxy) is 2. The predicted octanol–water partition coefficient (Wildman–Crippen LogP) is 2.23. The average Bonchev–Trinajstić information content (AvgIpc) is 3.13. The van der Waals surface area contributed by atoms with Gasteiger partial charge in [0.25, 0.3) is 0 Å². The molecule has 4 heteroatoms. The van der Waals surface area contributed by atoms with Crippen molar-refractivity contribution in [1.29, 1.82) is 0 Å². The molecule has 1 saturated carbocycles. The molecule has 0 aromatic heterocycles. The number of benzene rings is 1. The van der Waals surface area contributed by atoms with Crippen molar-refractivity contribution in [3.8, 4) is 5.75 Å². The van der Waals surface area contributed by atoms with Crippen LogP contribution in [0.2, 0.25) is 0 Å². The van der Waals surface area contributed by atoms with Crippen LogP contribution in [-0.4, -0.2) is 19.7 Å². The Morgan fingerprint density at radius 3 is 2.88 bits per heavy atom. The number of anilines is 1. The number of hydrogen-bond acceptors (Lipinski definition) is 4. The van der Waals surface area contributed by atoms with E-state index in [1.54, 1.807) is 18.2 Å². The molecule has 92 valence electrons. The highest BCUT2D eigenvalue weighted by molar-refractivity contribution is 5.93. The van der Waals surface area contributed by atoms with Gasteiger partial charge < -0.3 is 15.2 Å². The van der Waals surface area contributed by atoms with Gasteiger partial charge in [0.15, 0.2) is 0 Å². The first kappa shape index (κ1) is 11.8. The standard InChI is InChI=1S/C13H17NO3/c1-16-12-5-4-10(14)8-11(12)13(15)17-7-6-9-2-3-9/h4-5,8-9H,2-3,6-7,14H2,1H3. The van der Waals surface area contributed by atoms with E-state index >= 15 is 0 Å². The van der Waals surface area contributed by atoms with Gasteiger partial charge in [0, 0.05) is 5.69 Å². The van der Waals surface area contributed by atoms with Crippen LogP contribution in [0.25, 0.3) is 0 Å². The van der Waals surface area contributed by atoms with E-state index < -0.39 is 0 Å². The smallest absolute Gasteiger partial charge is 0.341 e. The third-order valence-electron chi connectivity index (χ3n) is 2.90. The number of carbonyl (C=O) groups excluding carboxylic acids is 1. The van der Waals surface area contributed by atoms with Gasteiger partial charge in [-0.25, -0.2) is 4.79 Å². The fourth-order valence-corrected chi connectivity index (χ4v) is 1.69. The molecule has 0 atom stereocenters. The lowest BCUT2D eigenvalue weighted by atomic mass is 10.2. The van der Waals surface area contributed by atoms with Gasteiger partial charge in [-0.3, -0.25) is 0 Å². The van der Waals surface area contributed by atoms with Crippen molar-refractivity contribution in [3.05, 3.63) is 23.8 Å². The second kappa shape index (κ2) is 5.08. The van der Waals surface area contributed by atoms with Crippen LogP contribution in [0.1, 0.15) is 29.6 Å². The first-order valence-corrected chi connectivity index (χ1v) is 5.81. The van der Waals surface area contributed by atoms with Gasteiger partial charge >= 0.3 is 5.97 Å². The van der Waals surface area contributed by atoms with Gasteiger partial charge in [-0.1, -0.05) is 12.8 Å². The molecule has 1 aromatic carbocycles. The van der Waals surface area contributed by atoms with Crippen LogP contribution in [0.4, 0.5) is 5.69 Å². The molecule has 0 aliphatic heterocycles. The zero-order valence-corrected chi connectivity index (χ0v) is 9.94. The molecule has 0 saturated heterocycles. The van der Waals surface area contributed by atoms with Crippen LogP contribution in [0.3, 0.4) is 0 Å². The third kappa shape index (κ3) is 3.12. The summed E-state index contributed by atoms with van der Waals surface area (Å²) in [6.07, 6.45) is 3.48. The summed E-state index contributed by atoms with van der Waals surface area (Å²) in [4.78, 5) is 11.8. The van der Waals surface area contributed by atoms with Crippen molar-refractivity contribution >= 4 is 11.7 Å². The summed E-state index contributed by atoms with van der Waals surface area (Å²) >= 11 is 0. The van der Waals surface area contributed by atoms with E-state index in [2.05, 4.69) is 0 Å². The van der Waals surface area contributed by atoms with E-state index in [-0.39, 0.29) is 5.97 Å². The van der Waals surface area contributed by atoms with Crippen LogP contribution in [-0.2, 0) is 4.74 Å². The molecule has 2 N–H and O–H groups in total. The number of nitrogens with two attached hydrogens (primary N) is 1. The van der Waals surface area contributed by atoms with E-state index in [4.69, 9.17) is 15.2 Å². The highest BCUT2D eigenvalue weighted by atomic mass is 16.5. The van der Waals surface area contributed by atoms with E-state index in [1.807, 2.05) is 0 Å². The molecular weight excluding hydrogens is 218 g/mol. The molecule has 0 heterocycles. The Bertz CT molecular complexity index is 413. The van der Waals surface area contributed by atoms with Gasteiger partial charge in [-0.2, -0.15) is 0 Å². The minimum Gasteiger partial charge on any atom is -0.496 e. The summed E-state index contributed by atoms with van der Waals surface area (Å²) in [6, 6.07) is 4.95. The summed E-state index contributed by atoms with van der Waals surface area (Å²) in [5.74, 6) is 0.885. The summed E-state index contributed by atoms with van der Waals surface area (Å²) < 4.78 is 10.3. The monoisotopic (exact) mass is 235 g/mol. The number of esters is 1. The third-order valence-corrected chi connectivity index (χ3v) is 2.90. The lowest BCUT2D eigenvalue weighted by molar-refractivity contribution is 0.0491. The summed E-state index contributed by atoms with van der Waals surface area (Å²) in [7, 11) is 1.52. The maximum atomic E-state index is 11.8. The molecule has 0 amide bonds.